The highest BCUT2D eigenvalue weighted by Gasteiger charge is 2.02. The van der Waals surface area contributed by atoms with E-state index in [0.717, 1.165) is 13.0 Å². The van der Waals surface area contributed by atoms with Crippen LogP contribution in [-0.2, 0) is 4.79 Å². The molecule has 0 saturated carbocycles. The minimum Gasteiger partial charge on any atom is -0.363 e. The van der Waals surface area contributed by atoms with Gasteiger partial charge in [-0.15, -0.1) is 0 Å². The van der Waals surface area contributed by atoms with Crippen LogP contribution in [0.3, 0.4) is 0 Å². The van der Waals surface area contributed by atoms with Crippen molar-refractivity contribution in [1.29, 1.82) is 0 Å². The van der Waals surface area contributed by atoms with E-state index in [4.69, 9.17) is 0 Å². The molecule has 5 nitrogen and oxygen atoms in total. The fourth-order valence-electron chi connectivity index (χ4n) is 0.908. The lowest BCUT2D eigenvalue weighted by Crippen LogP contribution is -2.15. The van der Waals surface area contributed by atoms with Gasteiger partial charge >= 0.3 is 0 Å². The van der Waals surface area contributed by atoms with Crippen LogP contribution in [0.25, 0.3) is 0 Å². The number of nitrogens with one attached hydrogen (secondary N) is 2. The second kappa shape index (κ2) is 5.31. The highest BCUT2D eigenvalue weighted by molar-refractivity contribution is 5.89. The molecule has 72 valence electrons. The zero-order valence-electron chi connectivity index (χ0n) is 7.54. The molecule has 0 aliphatic carbocycles. The Morgan fingerprint density at radius 1 is 1.69 bits per heavy atom. The fourth-order valence-corrected chi connectivity index (χ4v) is 0.908. The van der Waals surface area contributed by atoms with Crippen molar-refractivity contribution >= 4 is 11.7 Å². The molecule has 0 aliphatic heterocycles. The maximum Gasteiger partial charge on any atom is 0.225 e. The Morgan fingerprint density at radius 3 is 3.15 bits per heavy atom. The van der Waals surface area contributed by atoms with E-state index in [2.05, 4.69) is 20.3 Å². The van der Waals surface area contributed by atoms with Gasteiger partial charge in [-0.05, 0) is 20.0 Å². The third-order valence-electron chi connectivity index (χ3n) is 1.54. The topological polar surface area (TPSA) is 67.2 Å². The standard InChI is InChI=1S/C8H13N3O2/c1-9-5-2-3-8(12)10-7-4-6-13-11-7/h4,6,9H,2-3,5H2,1H3,(H,10,11,12). The SMILES string of the molecule is CNCCCC(=O)Nc1ccon1. The van der Waals surface area contributed by atoms with Crippen LogP contribution in [0, 0.1) is 0 Å². The number of hydrogen-bond acceptors (Lipinski definition) is 4. The zero-order chi connectivity index (χ0) is 9.52. The summed E-state index contributed by atoms with van der Waals surface area (Å²) in [6.07, 6.45) is 2.73. The molecule has 0 aliphatic rings. The Kier molecular flexibility index (Phi) is 3.98. The molecule has 0 atom stereocenters. The third-order valence-corrected chi connectivity index (χ3v) is 1.54. The van der Waals surface area contributed by atoms with Gasteiger partial charge < -0.3 is 15.2 Å². The van der Waals surface area contributed by atoms with Gasteiger partial charge in [0.2, 0.25) is 5.91 Å². The van der Waals surface area contributed by atoms with Crippen LogP contribution in [0.4, 0.5) is 5.82 Å². The van der Waals surface area contributed by atoms with Crippen molar-refractivity contribution in [1.82, 2.24) is 10.5 Å². The van der Waals surface area contributed by atoms with E-state index in [1.54, 1.807) is 6.07 Å². The number of rotatable bonds is 5. The summed E-state index contributed by atoms with van der Waals surface area (Å²) in [5.74, 6) is 0.429. The van der Waals surface area contributed by atoms with Gasteiger partial charge in [0, 0.05) is 12.5 Å². The van der Waals surface area contributed by atoms with Crippen LogP contribution in [0.1, 0.15) is 12.8 Å². The van der Waals surface area contributed by atoms with Crippen LogP contribution in [0.5, 0.6) is 0 Å². The predicted octanol–water partition coefficient (Wildman–Crippen LogP) is 0.613. The minimum absolute atomic E-state index is 0.0378. The second-order valence-electron chi connectivity index (χ2n) is 2.64. The first-order valence-corrected chi connectivity index (χ1v) is 4.18. The Hall–Kier alpha value is -1.36. The van der Waals surface area contributed by atoms with E-state index in [-0.39, 0.29) is 5.91 Å². The van der Waals surface area contributed by atoms with Crippen molar-refractivity contribution < 1.29 is 9.32 Å². The smallest absolute Gasteiger partial charge is 0.225 e. The third kappa shape index (κ3) is 3.71. The van der Waals surface area contributed by atoms with Gasteiger partial charge in [-0.25, -0.2) is 0 Å². The maximum absolute atomic E-state index is 11.2. The fraction of sp³-hybridized carbons (Fsp3) is 0.500. The lowest BCUT2D eigenvalue weighted by Gasteiger charge is -2.00. The highest BCUT2D eigenvalue weighted by atomic mass is 16.5. The summed E-state index contributed by atoms with van der Waals surface area (Å²) in [5.41, 5.74) is 0. The zero-order valence-corrected chi connectivity index (χ0v) is 7.54. The van der Waals surface area contributed by atoms with E-state index in [0.29, 0.717) is 12.2 Å². The number of carbonyl (C=O) groups is 1. The number of amides is 1. The molecule has 0 fully saturated rings. The van der Waals surface area contributed by atoms with Crippen molar-refractivity contribution in [3.8, 4) is 0 Å². The van der Waals surface area contributed by atoms with E-state index >= 15 is 0 Å². The number of nitrogens with zero attached hydrogens (tertiary/aromatic N) is 1. The van der Waals surface area contributed by atoms with Crippen molar-refractivity contribution in [2.45, 2.75) is 12.8 Å². The summed E-state index contributed by atoms with van der Waals surface area (Å²) in [4.78, 5) is 11.2. The summed E-state index contributed by atoms with van der Waals surface area (Å²) in [5, 5.41) is 9.14. The van der Waals surface area contributed by atoms with Crippen LogP contribution >= 0.6 is 0 Å². The van der Waals surface area contributed by atoms with Crippen molar-refractivity contribution in [2.75, 3.05) is 18.9 Å². The molecule has 2 N–H and O–H groups in total. The van der Waals surface area contributed by atoms with Gasteiger partial charge in [0.05, 0.1) is 0 Å². The molecule has 13 heavy (non-hydrogen) atoms. The van der Waals surface area contributed by atoms with Gasteiger partial charge in [-0.3, -0.25) is 4.79 Å². The maximum atomic E-state index is 11.2. The number of aromatic nitrogens is 1. The molecule has 1 rings (SSSR count). The number of anilines is 1. The molecular formula is C8H13N3O2. The molecular weight excluding hydrogens is 170 g/mol. The van der Waals surface area contributed by atoms with Crippen LogP contribution in [-0.4, -0.2) is 24.7 Å². The largest absolute Gasteiger partial charge is 0.363 e. The average molecular weight is 183 g/mol. The van der Waals surface area contributed by atoms with Crippen LogP contribution < -0.4 is 10.6 Å². The summed E-state index contributed by atoms with van der Waals surface area (Å²) < 4.78 is 4.56. The lowest BCUT2D eigenvalue weighted by atomic mass is 10.3. The summed E-state index contributed by atoms with van der Waals surface area (Å²) in [6, 6.07) is 1.61. The molecule has 1 amide bonds. The molecule has 0 radical (unpaired) electrons. The van der Waals surface area contributed by atoms with Gasteiger partial charge in [0.25, 0.3) is 0 Å². The Morgan fingerprint density at radius 2 is 2.54 bits per heavy atom. The Bertz CT molecular complexity index is 246. The van der Waals surface area contributed by atoms with Crippen molar-refractivity contribution in [3.63, 3.8) is 0 Å². The summed E-state index contributed by atoms with van der Waals surface area (Å²) in [6.45, 7) is 0.840. The molecule has 1 aromatic rings. The normalized spacial score (nSPS) is 9.92. The Balaban J connectivity index is 2.18. The van der Waals surface area contributed by atoms with Crippen LogP contribution in [0.15, 0.2) is 16.9 Å². The molecule has 0 bridgehead atoms. The molecule has 5 heteroatoms. The van der Waals surface area contributed by atoms with Crippen molar-refractivity contribution in [2.24, 2.45) is 0 Å². The molecule has 0 aromatic carbocycles. The first-order valence-electron chi connectivity index (χ1n) is 4.18. The monoisotopic (exact) mass is 183 g/mol. The number of hydrogen-bond donors (Lipinski definition) is 2. The van der Waals surface area contributed by atoms with E-state index in [1.807, 2.05) is 7.05 Å². The Labute approximate surface area is 76.5 Å². The quantitative estimate of drug-likeness (QED) is 0.656. The molecule has 1 aromatic heterocycles. The van der Waals surface area contributed by atoms with Gasteiger partial charge in [-0.2, -0.15) is 0 Å². The average Bonchev–Trinajstić information content (AvgIpc) is 2.57. The van der Waals surface area contributed by atoms with Gasteiger partial charge in [-0.1, -0.05) is 5.16 Å². The first kappa shape index (κ1) is 9.73. The first-order chi connectivity index (χ1) is 6.33. The molecule has 0 spiro atoms. The van der Waals surface area contributed by atoms with Crippen LogP contribution in [0.2, 0.25) is 0 Å². The summed E-state index contributed by atoms with van der Waals surface area (Å²) in [7, 11) is 1.86. The summed E-state index contributed by atoms with van der Waals surface area (Å²) >= 11 is 0. The lowest BCUT2D eigenvalue weighted by molar-refractivity contribution is -0.116. The highest BCUT2D eigenvalue weighted by Crippen LogP contribution is 2.02. The molecule has 0 saturated heterocycles. The minimum atomic E-state index is -0.0378. The molecule has 0 unspecified atom stereocenters. The second-order valence-corrected chi connectivity index (χ2v) is 2.64. The van der Waals surface area contributed by atoms with E-state index < -0.39 is 0 Å². The van der Waals surface area contributed by atoms with E-state index in [1.165, 1.54) is 6.26 Å². The van der Waals surface area contributed by atoms with Crippen molar-refractivity contribution in [3.05, 3.63) is 12.3 Å². The van der Waals surface area contributed by atoms with E-state index in [9.17, 15) is 4.79 Å². The predicted molar refractivity (Wildman–Crippen MR) is 48.3 cm³/mol. The number of carbonyl (C=O) groups excluding carboxylic acids is 1. The molecule has 1 heterocycles. The van der Waals surface area contributed by atoms with Gasteiger partial charge in [0.15, 0.2) is 5.82 Å². The van der Waals surface area contributed by atoms with Gasteiger partial charge in [0.1, 0.15) is 6.26 Å².